The molecule has 0 aliphatic rings. The Kier molecular flexibility index (Phi) is 5.66. The van der Waals surface area contributed by atoms with Gasteiger partial charge in [-0.25, -0.2) is 0 Å². The number of alkyl halides is 3. The molecule has 0 fully saturated rings. The lowest BCUT2D eigenvalue weighted by Gasteiger charge is -2.21. The molecule has 2 rings (SSSR count). The van der Waals surface area contributed by atoms with Gasteiger partial charge in [0.2, 0.25) is 0 Å². The van der Waals surface area contributed by atoms with Crippen LogP contribution in [0.1, 0.15) is 28.5 Å². The molecular formula is C18H20F3N3O. The second-order valence-corrected chi connectivity index (χ2v) is 5.81. The Bertz CT molecular complexity index is 710. The van der Waals surface area contributed by atoms with E-state index in [9.17, 15) is 18.0 Å². The number of anilines is 1. The molecule has 0 saturated heterocycles. The second-order valence-electron chi connectivity index (χ2n) is 5.81. The third kappa shape index (κ3) is 4.71. The predicted molar refractivity (Wildman–Crippen MR) is 90.4 cm³/mol. The largest absolute Gasteiger partial charge is 0.433 e. The highest BCUT2D eigenvalue weighted by molar-refractivity contribution is 5.93. The molecule has 7 heteroatoms. The van der Waals surface area contributed by atoms with E-state index in [1.165, 1.54) is 0 Å². The van der Waals surface area contributed by atoms with E-state index in [1.807, 2.05) is 50.2 Å². The summed E-state index contributed by atoms with van der Waals surface area (Å²) < 4.78 is 37.7. The summed E-state index contributed by atoms with van der Waals surface area (Å²) in [6, 6.07) is 9.75. The Morgan fingerprint density at radius 1 is 1.08 bits per heavy atom. The predicted octanol–water partition coefficient (Wildman–Crippen LogP) is 3.83. The van der Waals surface area contributed by atoms with E-state index in [4.69, 9.17) is 0 Å². The highest BCUT2D eigenvalue weighted by atomic mass is 19.4. The molecule has 2 aromatic rings. The lowest BCUT2D eigenvalue weighted by molar-refractivity contribution is -0.141. The van der Waals surface area contributed by atoms with Crippen LogP contribution in [0.2, 0.25) is 0 Å². The van der Waals surface area contributed by atoms with Crippen LogP contribution >= 0.6 is 0 Å². The third-order valence-electron chi connectivity index (χ3n) is 3.80. The molecule has 1 heterocycles. The van der Waals surface area contributed by atoms with Crippen LogP contribution in [0.15, 0.2) is 42.6 Å². The first-order chi connectivity index (χ1) is 11.7. The first-order valence-electron chi connectivity index (χ1n) is 7.81. The van der Waals surface area contributed by atoms with Crippen LogP contribution < -0.4 is 4.90 Å². The monoisotopic (exact) mass is 351 g/mol. The zero-order chi connectivity index (χ0) is 18.6. The first-order valence-corrected chi connectivity index (χ1v) is 7.81. The van der Waals surface area contributed by atoms with Crippen molar-refractivity contribution in [3.63, 3.8) is 0 Å². The minimum Gasteiger partial charge on any atom is -0.378 e. The van der Waals surface area contributed by atoms with Gasteiger partial charge in [0.15, 0.2) is 0 Å². The van der Waals surface area contributed by atoms with Gasteiger partial charge in [0, 0.05) is 39.1 Å². The summed E-state index contributed by atoms with van der Waals surface area (Å²) in [6.45, 7) is 2.64. The highest BCUT2D eigenvalue weighted by Crippen LogP contribution is 2.27. The number of carbonyl (C=O) groups excluding carboxylic acids is 1. The van der Waals surface area contributed by atoms with Crippen molar-refractivity contribution < 1.29 is 18.0 Å². The van der Waals surface area contributed by atoms with Crippen molar-refractivity contribution in [1.82, 2.24) is 9.88 Å². The average molecular weight is 351 g/mol. The molecule has 0 saturated carbocycles. The number of rotatable bonds is 5. The summed E-state index contributed by atoms with van der Waals surface area (Å²) >= 11 is 0. The van der Waals surface area contributed by atoms with Crippen molar-refractivity contribution in [1.29, 1.82) is 0 Å². The van der Waals surface area contributed by atoms with Crippen molar-refractivity contribution in [2.24, 2.45) is 0 Å². The van der Waals surface area contributed by atoms with E-state index >= 15 is 0 Å². The van der Waals surface area contributed by atoms with E-state index in [-0.39, 0.29) is 11.5 Å². The van der Waals surface area contributed by atoms with Crippen molar-refractivity contribution in [3.8, 4) is 0 Å². The van der Waals surface area contributed by atoms with E-state index in [1.54, 1.807) is 4.90 Å². The molecule has 4 nitrogen and oxygen atoms in total. The average Bonchev–Trinajstić information content (AvgIpc) is 2.59. The van der Waals surface area contributed by atoms with Crippen molar-refractivity contribution in [3.05, 3.63) is 59.4 Å². The molecule has 0 unspecified atom stereocenters. The van der Waals surface area contributed by atoms with Gasteiger partial charge < -0.3 is 9.80 Å². The van der Waals surface area contributed by atoms with E-state index in [2.05, 4.69) is 4.98 Å². The Labute approximate surface area is 144 Å². The minimum atomic E-state index is -4.51. The number of amides is 1. The summed E-state index contributed by atoms with van der Waals surface area (Å²) in [7, 11) is 3.88. The van der Waals surface area contributed by atoms with Crippen LogP contribution in [0.5, 0.6) is 0 Å². The van der Waals surface area contributed by atoms with Crippen molar-refractivity contribution in [2.75, 3.05) is 25.5 Å². The fourth-order valence-electron chi connectivity index (χ4n) is 2.32. The van der Waals surface area contributed by atoms with Crippen LogP contribution in [-0.4, -0.2) is 36.4 Å². The Morgan fingerprint density at radius 3 is 2.16 bits per heavy atom. The molecule has 0 atom stereocenters. The molecule has 134 valence electrons. The topological polar surface area (TPSA) is 36.4 Å². The lowest BCUT2D eigenvalue weighted by atomic mass is 10.1. The number of nitrogens with zero attached hydrogens (tertiary/aromatic N) is 3. The molecule has 0 spiro atoms. The van der Waals surface area contributed by atoms with Gasteiger partial charge in [-0.05, 0) is 36.8 Å². The van der Waals surface area contributed by atoms with Gasteiger partial charge in [0.1, 0.15) is 5.69 Å². The number of pyridine rings is 1. The number of aromatic nitrogens is 1. The van der Waals surface area contributed by atoms with Gasteiger partial charge in [0.05, 0.1) is 5.56 Å². The highest BCUT2D eigenvalue weighted by Gasteiger charge is 2.32. The lowest BCUT2D eigenvalue weighted by Crippen LogP contribution is -2.30. The van der Waals surface area contributed by atoms with Crippen LogP contribution in [0, 0.1) is 0 Å². The molecule has 0 bridgehead atoms. The normalized spacial score (nSPS) is 11.3. The quantitative estimate of drug-likeness (QED) is 0.821. The van der Waals surface area contributed by atoms with Crippen LogP contribution in [0.3, 0.4) is 0 Å². The molecule has 0 aliphatic heterocycles. The van der Waals surface area contributed by atoms with Crippen molar-refractivity contribution >= 4 is 11.6 Å². The maximum atomic E-state index is 12.6. The number of hydrogen-bond acceptors (Lipinski definition) is 3. The summed E-state index contributed by atoms with van der Waals surface area (Å²) in [5.74, 6) is -0.347. The summed E-state index contributed by atoms with van der Waals surface area (Å²) in [5.41, 5.74) is 1.12. The van der Waals surface area contributed by atoms with Crippen LogP contribution in [0.25, 0.3) is 0 Å². The van der Waals surface area contributed by atoms with Gasteiger partial charge in [0.25, 0.3) is 5.91 Å². The van der Waals surface area contributed by atoms with Crippen LogP contribution in [-0.2, 0) is 12.7 Å². The van der Waals surface area contributed by atoms with E-state index < -0.39 is 11.9 Å². The molecule has 0 radical (unpaired) electrons. The maximum absolute atomic E-state index is 12.6. The summed E-state index contributed by atoms with van der Waals surface area (Å²) in [5, 5.41) is 0. The second kappa shape index (κ2) is 7.55. The fourth-order valence-corrected chi connectivity index (χ4v) is 2.32. The fraction of sp³-hybridized carbons (Fsp3) is 0.333. The summed E-state index contributed by atoms with van der Waals surface area (Å²) in [6.07, 6.45) is -3.54. The Hall–Kier alpha value is -2.57. The molecule has 1 aromatic carbocycles. The SMILES string of the molecule is CCN(Cc1ccc(N(C)C)cc1)C(=O)c1ccc(C(F)(F)F)nc1. The summed E-state index contributed by atoms with van der Waals surface area (Å²) in [4.78, 5) is 19.4. The van der Waals surface area contributed by atoms with Crippen LogP contribution in [0.4, 0.5) is 18.9 Å². The zero-order valence-electron chi connectivity index (χ0n) is 14.3. The molecule has 25 heavy (non-hydrogen) atoms. The molecule has 1 amide bonds. The van der Waals surface area contributed by atoms with Gasteiger partial charge in [-0.15, -0.1) is 0 Å². The molecule has 1 aromatic heterocycles. The van der Waals surface area contributed by atoms with E-state index in [0.717, 1.165) is 29.6 Å². The van der Waals surface area contributed by atoms with Crippen molar-refractivity contribution in [2.45, 2.75) is 19.6 Å². The smallest absolute Gasteiger partial charge is 0.378 e. The Morgan fingerprint density at radius 2 is 1.72 bits per heavy atom. The number of hydrogen-bond donors (Lipinski definition) is 0. The van der Waals surface area contributed by atoms with E-state index in [0.29, 0.717) is 13.1 Å². The maximum Gasteiger partial charge on any atom is 0.433 e. The van der Waals surface area contributed by atoms with Gasteiger partial charge in [-0.1, -0.05) is 12.1 Å². The molecule has 0 aliphatic carbocycles. The standard InChI is InChI=1S/C18H20F3N3O/c1-4-24(12-13-5-8-15(9-6-13)23(2)3)17(25)14-7-10-16(22-11-14)18(19,20)21/h5-11H,4,12H2,1-3H3. The van der Waals surface area contributed by atoms with Gasteiger partial charge >= 0.3 is 6.18 Å². The molecular weight excluding hydrogens is 331 g/mol. The third-order valence-corrected chi connectivity index (χ3v) is 3.80. The number of benzene rings is 1. The molecule has 0 N–H and O–H groups in total. The minimum absolute atomic E-state index is 0.139. The first kappa shape index (κ1) is 18.8. The van der Waals surface area contributed by atoms with Gasteiger partial charge in [-0.3, -0.25) is 9.78 Å². The number of halogens is 3. The zero-order valence-corrected chi connectivity index (χ0v) is 14.3. The van der Waals surface area contributed by atoms with Gasteiger partial charge in [-0.2, -0.15) is 13.2 Å². The number of carbonyl (C=O) groups is 1. The Balaban J connectivity index is 2.12.